The fourth-order valence-electron chi connectivity index (χ4n) is 7.51. The average molecular weight is 695 g/mol. The van der Waals surface area contributed by atoms with Crippen molar-refractivity contribution in [3.63, 3.8) is 0 Å². The number of aryl methyl sites for hydroxylation is 1. The normalized spacial score (nSPS) is 14.2. The van der Waals surface area contributed by atoms with Gasteiger partial charge in [0.25, 0.3) is 23.6 Å². The van der Waals surface area contributed by atoms with Crippen molar-refractivity contribution in [2.75, 3.05) is 9.80 Å². The maximum absolute atomic E-state index is 13.8. The molecule has 0 bridgehead atoms. The topological polar surface area (TPSA) is 74.8 Å². The van der Waals surface area contributed by atoms with E-state index >= 15 is 0 Å². The highest BCUT2D eigenvalue weighted by Crippen LogP contribution is 2.39. The molecule has 0 saturated heterocycles. The van der Waals surface area contributed by atoms with Crippen LogP contribution in [-0.4, -0.2) is 23.6 Å². The molecule has 0 spiro atoms. The van der Waals surface area contributed by atoms with Gasteiger partial charge in [0.1, 0.15) is 0 Å². The van der Waals surface area contributed by atoms with Gasteiger partial charge in [-0.15, -0.1) is 0 Å². The summed E-state index contributed by atoms with van der Waals surface area (Å²) in [5.74, 6) is -1.57. The van der Waals surface area contributed by atoms with Crippen molar-refractivity contribution in [2.24, 2.45) is 0 Å². The molecule has 0 unspecified atom stereocenters. The van der Waals surface area contributed by atoms with Gasteiger partial charge in [-0.2, -0.15) is 0 Å². The van der Waals surface area contributed by atoms with Crippen molar-refractivity contribution in [2.45, 2.75) is 45.4 Å². The Morgan fingerprint density at radius 3 is 1.26 bits per heavy atom. The second kappa shape index (κ2) is 12.4. The molecule has 6 aromatic carbocycles. The molecule has 2 aliphatic heterocycles. The van der Waals surface area contributed by atoms with Gasteiger partial charge < -0.3 is 0 Å². The minimum Gasteiger partial charge on any atom is -0.268 e. The van der Waals surface area contributed by atoms with E-state index in [0.29, 0.717) is 44.8 Å². The van der Waals surface area contributed by atoms with Crippen LogP contribution in [0.15, 0.2) is 140 Å². The zero-order valence-electron chi connectivity index (χ0n) is 30.3. The second-order valence-electron chi connectivity index (χ2n) is 15.0. The first kappa shape index (κ1) is 33.7. The van der Waals surface area contributed by atoms with Gasteiger partial charge in [0.05, 0.1) is 33.6 Å². The number of imide groups is 2. The number of fused-ring (bicyclic) bond motifs is 2. The summed E-state index contributed by atoms with van der Waals surface area (Å²) in [7, 11) is 0. The third kappa shape index (κ3) is 5.49. The van der Waals surface area contributed by atoms with E-state index in [1.165, 1.54) is 32.1 Å². The van der Waals surface area contributed by atoms with Crippen molar-refractivity contribution < 1.29 is 19.2 Å². The largest absolute Gasteiger partial charge is 0.268 e. The molecule has 0 fully saturated rings. The molecule has 0 atom stereocenters. The highest BCUT2D eigenvalue weighted by molar-refractivity contribution is 6.35. The highest BCUT2D eigenvalue weighted by Gasteiger charge is 2.39. The molecular weight excluding hydrogens is 657 g/mol. The summed E-state index contributed by atoms with van der Waals surface area (Å²) < 4.78 is 0. The van der Waals surface area contributed by atoms with Crippen molar-refractivity contribution in [1.29, 1.82) is 0 Å². The molecule has 2 aliphatic rings. The maximum Gasteiger partial charge on any atom is 0.266 e. The zero-order chi connectivity index (χ0) is 37.2. The Hall–Kier alpha value is -6.40. The fraction of sp³-hybridized carbons (Fsp3) is 0.149. The smallest absolute Gasteiger partial charge is 0.266 e. The van der Waals surface area contributed by atoms with Crippen molar-refractivity contribution in [3.05, 3.63) is 190 Å². The molecule has 6 heteroatoms. The number of anilines is 2. The first-order valence-electron chi connectivity index (χ1n) is 17.8. The molecule has 0 N–H and O–H groups in total. The molecule has 6 aromatic rings. The SMILES string of the molecule is Cc1ccc(C(C)(C)c2cccc(C(C)(C)c3ccc(N4C(=O)c5ccc(-c6ccc7c(c6)C(=O)N(c6ccccc6)C7=O)cc5C4=O)cc3)c2)cc1. The van der Waals surface area contributed by atoms with Crippen molar-refractivity contribution in [1.82, 2.24) is 0 Å². The molecule has 0 radical (unpaired) electrons. The Kier molecular flexibility index (Phi) is 7.88. The van der Waals surface area contributed by atoms with E-state index in [4.69, 9.17) is 0 Å². The molecule has 4 amide bonds. The number of benzene rings is 6. The van der Waals surface area contributed by atoms with Crippen LogP contribution in [-0.2, 0) is 10.8 Å². The van der Waals surface area contributed by atoms with Crippen molar-refractivity contribution >= 4 is 35.0 Å². The van der Waals surface area contributed by atoms with Crippen LogP contribution in [0.4, 0.5) is 11.4 Å². The minimum atomic E-state index is -0.410. The van der Waals surface area contributed by atoms with Crippen LogP contribution in [0.1, 0.15) is 96.9 Å². The summed E-state index contributed by atoms with van der Waals surface area (Å²) in [5, 5.41) is 0. The Morgan fingerprint density at radius 2 is 0.792 bits per heavy atom. The van der Waals surface area contributed by atoms with E-state index in [-0.39, 0.29) is 22.6 Å². The average Bonchev–Trinajstić information content (AvgIpc) is 3.58. The van der Waals surface area contributed by atoms with Gasteiger partial charge in [0, 0.05) is 10.8 Å². The van der Waals surface area contributed by atoms with Gasteiger partial charge in [0.15, 0.2) is 0 Å². The molecule has 0 aliphatic carbocycles. The van der Waals surface area contributed by atoms with E-state index < -0.39 is 11.8 Å². The van der Waals surface area contributed by atoms with Crippen LogP contribution in [0.2, 0.25) is 0 Å². The Bertz CT molecular complexity index is 2480. The molecule has 0 saturated carbocycles. The lowest BCUT2D eigenvalue weighted by molar-refractivity contribution is 0.0910. The van der Waals surface area contributed by atoms with Crippen LogP contribution in [0.5, 0.6) is 0 Å². The Balaban J connectivity index is 1.04. The number of hydrogen-bond acceptors (Lipinski definition) is 4. The van der Waals surface area contributed by atoms with E-state index in [9.17, 15) is 19.2 Å². The van der Waals surface area contributed by atoms with Gasteiger partial charge in [-0.1, -0.05) is 124 Å². The minimum absolute atomic E-state index is 0.185. The predicted octanol–water partition coefficient (Wildman–Crippen LogP) is 9.92. The predicted molar refractivity (Wildman–Crippen MR) is 209 cm³/mol. The Labute approximate surface area is 309 Å². The van der Waals surface area contributed by atoms with E-state index in [1.54, 1.807) is 60.7 Å². The number of hydrogen-bond donors (Lipinski definition) is 0. The number of amides is 4. The van der Waals surface area contributed by atoms with Crippen LogP contribution < -0.4 is 9.80 Å². The zero-order valence-corrected chi connectivity index (χ0v) is 30.3. The van der Waals surface area contributed by atoms with Crippen molar-refractivity contribution in [3.8, 4) is 11.1 Å². The number of para-hydroxylation sites is 1. The Morgan fingerprint density at radius 1 is 0.377 bits per heavy atom. The van der Waals surface area contributed by atoms with Crippen LogP contribution in [0.25, 0.3) is 11.1 Å². The van der Waals surface area contributed by atoms with Gasteiger partial charge in [0.2, 0.25) is 0 Å². The van der Waals surface area contributed by atoms with Crippen LogP contribution in [0, 0.1) is 6.92 Å². The summed E-state index contributed by atoms with van der Waals surface area (Å²) in [5.41, 5.74) is 8.96. The lowest BCUT2D eigenvalue weighted by Crippen LogP contribution is -2.29. The molecule has 6 nitrogen and oxygen atoms in total. The van der Waals surface area contributed by atoms with E-state index in [1.807, 2.05) is 30.3 Å². The monoisotopic (exact) mass is 694 g/mol. The number of carbonyl (C=O) groups is 4. The number of carbonyl (C=O) groups excluding carboxylic acids is 4. The lowest BCUT2D eigenvalue weighted by atomic mass is 9.73. The first-order chi connectivity index (χ1) is 25.4. The fourth-order valence-corrected chi connectivity index (χ4v) is 7.51. The standard InChI is InChI=1S/C47H38N2O4/c1-29-14-18-32(19-15-29)46(2,3)34-10-9-11-35(28-34)47(4,5)33-20-22-37(23-21-33)49-43(51)39-25-17-31(27-41(39)45(49)53)30-16-24-38-40(26-30)44(52)48(42(38)50)36-12-7-6-8-13-36/h6-28H,1-5H3. The molecule has 8 rings (SSSR count). The summed E-state index contributed by atoms with van der Waals surface area (Å²) in [6.07, 6.45) is 0. The second-order valence-corrected chi connectivity index (χ2v) is 15.0. The third-order valence-electron chi connectivity index (χ3n) is 11.0. The van der Waals surface area contributed by atoms with E-state index in [2.05, 4.69) is 83.1 Å². The number of nitrogens with zero attached hydrogens (tertiary/aromatic N) is 2. The van der Waals surface area contributed by atoms with E-state index in [0.717, 1.165) is 5.56 Å². The molecular formula is C47H38N2O4. The number of rotatable bonds is 7. The highest BCUT2D eigenvalue weighted by atomic mass is 16.2. The summed E-state index contributed by atoms with van der Waals surface area (Å²) in [4.78, 5) is 56.4. The van der Waals surface area contributed by atoms with Gasteiger partial charge in [-0.3, -0.25) is 19.2 Å². The summed E-state index contributed by atoms with van der Waals surface area (Å²) in [6, 6.07) is 44.1. The van der Waals surface area contributed by atoms with Gasteiger partial charge >= 0.3 is 0 Å². The summed E-state index contributed by atoms with van der Waals surface area (Å²) >= 11 is 0. The molecule has 53 heavy (non-hydrogen) atoms. The third-order valence-corrected chi connectivity index (χ3v) is 11.0. The first-order valence-corrected chi connectivity index (χ1v) is 17.8. The molecule has 2 heterocycles. The van der Waals surface area contributed by atoms with Gasteiger partial charge in [-0.05, 0) is 88.8 Å². The summed E-state index contributed by atoms with van der Waals surface area (Å²) in [6.45, 7) is 11.0. The maximum atomic E-state index is 13.8. The molecule has 260 valence electrons. The molecule has 0 aromatic heterocycles. The lowest BCUT2D eigenvalue weighted by Gasteiger charge is -2.31. The van der Waals surface area contributed by atoms with Gasteiger partial charge in [-0.25, -0.2) is 9.80 Å². The van der Waals surface area contributed by atoms with Crippen LogP contribution in [0.3, 0.4) is 0 Å². The quantitative estimate of drug-likeness (QED) is 0.156. The van der Waals surface area contributed by atoms with Crippen LogP contribution >= 0.6 is 0 Å².